The first-order chi connectivity index (χ1) is 8.33. The van der Waals surface area contributed by atoms with Gasteiger partial charge >= 0.3 is 6.18 Å². The zero-order valence-electron chi connectivity index (χ0n) is 11.3. The molecule has 0 aromatic carbocycles. The van der Waals surface area contributed by atoms with Crippen molar-refractivity contribution < 1.29 is 13.2 Å². The minimum Gasteiger partial charge on any atom is -0.313 e. The van der Waals surface area contributed by atoms with E-state index in [9.17, 15) is 13.2 Å². The number of hydrogen-bond donors (Lipinski definition) is 1. The minimum absolute atomic E-state index is 0.0709. The summed E-state index contributed by atoms with van der Waals surface area (Å²) in [6.45, 7) is 5.34. The molecule has 0 spiro atoms. The van der Waals surface area contributed by atoms with Crippen LogP contribution in [0.15, 0.2) is 0 Å². The maximum absolute atomic E-state index is 12.7. The number of hydrogen-bond acceptors (Lipinski definition) is 1. The van der Waals surface area contributed by atoms with Crippen molar-refractivity contribution in [2.24, 2.45) is 17.3 Å². The third-order valence-electron chi connectivity index (χ3n) is 5.00. The van der Waals surface area contributed by atoms with Crippen LogP contribution >= 0.6 is 0 Å². The highest BCUT2D eigenvalue weighted by Gasteiger charge is 2.46. The lowest BCUT2D eigenvalue weighted by molar-refractivity contribution is -0.183. The Balaban J connectivity index is 1.80. The fourth-order valence-electron chi connectivity index (χ4n) is 3.14. The standard InChI is InChI=1S/C14H24F3N/c1-10(2)13(6-7-13)9-18-12-5-3-4-11(8-12)14(15,16)17/h10-12,18H,3-9H2,1-2H3. The molecule has 2 saturated carbocycles. The first-order valence-electron chi connectivity index (χ1n) is 7.13. The summed E-state index contributed by atoms with van der Waals surface area (Å²) in [6, 6.07) is 0.0709. The first-order valence-corrected chi connectivity index (χ1v) is 7.13. The zero-order chi connectivity index (χ0) is 13.4. The second-order valence-corrected chi connectivity index (χ2v) is 6.50. The van der Waals surface area contributed by atoms with Gasteiger partial charge in [0.2, 0.25) is 0 Å². The molecule has 2 aliphatic rings. The SMILES string of the molecule is CC(C)C1(CNC2CCCC(C(F)(F)F)C2)CC1. The van der Waals surface area contributed by atoms with Crippen molar-refractivity contribution in [1.82, 2.24) is 5.32 Å². The van der Waals surface area contributed by atoms with E-state index in [1.54, 1.807) is 0 Å². The highest BCUT2D eigenvalue weighted by molar-refractivity contribution is 4.98. The Morgan fingerprint density at radius 1 is 1.22 bits per heavy atom. The number of rotatable bonds is 4. The van der Waals surface area contributed by atoms with Crippen molar-refractivity contribution in [3.8, 4) is 0 Å². The van der Waals surface area contributed by atoms with Crippen LogP contribution in [0.3, 0.4) is 0 Å². The van der Waals surface area contributed by atoms with Crippen molar-refractivity contribution in [1.29, 1.82) is 0 Å². The largest absolute Gasteiger partial charge is 0.391 e. The van der Waals surface area contributed by atoms with Gasteiger partial charge in [-0.1, -0.05) is 20.3 Å². The van der Waals surface area contributed by atoms with Gasteiger partial charge < -0.3 is 5.32 Å². The summed E-state index contributed by atoms with van der Waals surface area (Å²) >= 11 is 0. The van der Waals surface area contributed by atoms with Gasteiger partial charge in [0.15, 0.2) is 0 Å². The molecule has 2 fully saturated rings. The van der Waals surface area contributed by atoms with Crippen LogP contribution in [0.5, 0.6) is 0 Å². The maximum atomic E-state index is 12.7. The molecule has 18 heavy (non-hydrogen) atoms. The molecule has 2 aliphatic carbocycles. The summed E-state index contributed by atoms with van der Waals surface area (Å²) in [4.78, 5) is 0. The van der Waals surface area contributed by atoms with Crippen LogP contribution in [0, 0.1) is 17.3 Å². The van der Waals surface area contributed by atoms with Crippen molar-refractivity contribution in [2.75, 3.05) is 6.54 Å². The average molecular weight is 263 g/mol. The van der Waals surface area contributed by atoms with Gasteiger partial charge in [-0.15, -0.1) is 0 Å². The van der Waals surface area contributed by atoms with Crippen molar-refractivity contribution in [3.05, 3.63) is 0 Å². The molecule has 0 amide bonds. The van der Waals surface area contributed by atoms with Crippen LogP contribution in [0.25, 0.3) is 0 Å². The zero-order valence-corrected chi connectivity index (χ0v) is 11.3. The Morgan fingerprint density at radius 3 is 2.39 bits per heavy atom. The lowest BCUT2D eigenvalue weighted by Crippen LogP contribution is -2.41. The Bertz CT molecular complexity index is 281. The quantitative estimate of drug-likeness (QED) is 0.804. The van der Waals surface area contributed by atoms with E-state index in [4.69, 9.17) is 0 Å². The number of nitrogens with one attached hydrogen (secondary N) is 1. The third-order valence-corrected chi connectivity index (χ3v) is 5.00. The van der Waals surface area contributed by atoms with Crippen LogP contribution in [0.2, 0.25) is 0 Å². The van der Waals surface area contributed by atoms with Gasteiger partial charge in [0.1, 0.15) is 0 Å². The third kappa shape index (κ3) is 3.19. The van der Waals surface area contributed by atoms with Crippen LogP contribution in [-0.4, -0.2) is 18.8 Å². The summed E-state index contributed by atoms with van der Waals surface area (Å²) in [6.07, 6.45) is 0.655. The van der Waals surface area contributed by atoms with Gasteiger partial charge in [-0.25, -0.2) is 0 Å². The number of halogens is 3. The van der Waals surface area contributed by atoms with E-state index in [0.717, 1.165) is 13.0 Å². The summed E-state index contributed by atoms with van der Waals surface area (Å²) in [5.41, 5.74) is 0.380. The van der Waals surface area contributed by atoms with E-state index in [2.05, 4.69) is 19.2 Å². The van der Waals surface area contributed by atoms with E-state index < -0.39 is 12.1 Å². The molecular formula is C14H24F3N. The fourth-order valence-corrected chi connectivity index (χ4v) is 3.14. The maximum Gasteiger partial charge on any atom is 0.391 e. The van der Waals surface area contributed by atoms with Crippen molar-refractivity contribution >= 4 is 0 Å². The van der Waals surface area contributed by atoms with Crippen molar-refractivity contribution in [3.63, 3.8) is 0 Å². The molecule has 2 unspecified atom stereocenters. The molecule has 0 saturated heterocycles. The second-order valence-electron chi connectivity index (χ2n) is 6.50. The molecule has 0 bridgehead atoms. The molecule has 106 valence electrons. The van der Waals surface area contributed by atoms with Crippen molar-refractivity contribution in [2.45, 2.75) is 64.6 Å². The predicted octanol–water partition coefficient (Wildman–Crippen LogP) is 4.13. The summed E-state index contributed by atoms with van der Waals surface area (Å²) in [5, 5.41) is 3.41. The Morgan fingerprint density at radius 2 is 1.89 bits per heavy atom. The topological polar surface area (TPSA) is 12.0 Å². The summed E-state index contributed by atoms with van der Waals surface area (Å²) in [5.74, 6) is -0.454. The summed E-state index contributed by atoms with van der Waals surface area (Å²) < 4.78 is 38.1. The summed E-state index contributed by atoms with van der Waals surface area (Å²) in [7, 11) is 0. The average Bonchev–Trinajstić information content (AvgIpc) is 3.07. The van der Waals surface area contributed by atoms with E-state index >= 15 is 0 Å². The smallest absolute Gasteiger partial charge is 0.313 e. The normalized spacial score (nSPS) is 31.7. The molecule has 1 nitrogen and oxygen atoms in total. The lowest BCUT2D eigenvalue weighted by Gasteiger charge is -2.32. The first kappa shape index (κ1) is 14.2. The lowest BCUT2D eigenvalue weighted by atomic mass is 9.84. The Hall–Kier alpha value is -0.250. The second kappa shape index (κ2) is 5.03. The molecule has 0 radical (unpaired) electrons. The van der Waals surface area contributed by atoms with E-state index in [0.29, 0.717) is 24.2 Å². The van der Waals surface area contributed by atoms with Gasteiger partial charge in [0, 0.05) is 12.6 Å². The van der Waals surface area contributed by atoms with Gasteiger partial charge in [-0.3, -0.25) is 0 Å². The molecular weight excluding hydrogens is 239 g/mol. The fraction of sp³-hybridized carbons (Fsp3) is 1.00. The molecule has 4 heteroatoms. The minimum atomic E-state index is -4.00. The van der Waals surface area contributed by atoms with Gasteiger partial charge in [0.25, 0.3) is 0 Å². The van der Waals surface area contributed by atoms with Crippen LogP contribution in [0.4, 0.5) is 13.2 Å². The van der Waals surface area contributed by atoms with Gasteiger partial charge in [-0.2, -0.15) is 13.2 Å². The Labute approximate surface area is 108 Å². The highest BCUT2D eigenvalue weighted by Crippen LogP contribution is 2.51. The molecule has 1 N–H and O–H groups in total. The molecule has 0 aromatic rings. The van der Waals surface area contributed by atoms with Crippen LogP contribution in [0.1, 0.15) is 52.4 Å². The van der Waals surface area contributed by atoms with E-state index in [1.165, 1.54) is 12.8 Å². The van der Waals surface area contributed by atoms with Gasteiger partial charge in [-0.05, 0) is 43.4 Å². The highest BCUT2D eigenvalue weighted by atomic mass is 19.4. The van der Waals surface area contributed by atoms with Crippen LogP contribution < -0.4 is 5.32 Å². The van der Waals surface area contributed by atoms with Gasteiger partial charge in [0.05, 0.1) is 5.92 Å². The molecule has 2 rings (SSSR count). The molecule has 0 aliphatic heterocycles. The molecule has 2 atom stereocenters. The molecule has 0 heterocycles. The Kier molecular flexibility index (Phi) is 3.96. The van der Waals surface area contributed by atoms with E-state index in [-0.39, 0.29) is 12.5 Å². The molecule has 0 aromatic heterocycles. The van der Waals surface area contributed by atoms with Crippen LogP contribution in [-0.2, 0) is 0 Å². The number of alkyl halides is 3. The monoisotopic (exact) mass is 263 g/mol. The van der Waals surface area contributed by atoms with E-state index in [1.807, 2.05) is 0 Å². The predicted molar refractivity (Wildman–Crippen MR) is 66.3 cm³/mol.